The predicted molar refractivity (Wildman–Crippen MR) is 341 cm³/mol. The number of anilines is 6. The van der Waals surface area contributed by atoms with E-state index < -0.39 is 5.82 Å². The fraction of sp³-hybridized carbons (Fsp3) is 0.206. The fourth-order valence-electron chi connectivity index (χ4n) is 9.91. The van der Waals surface area contributed by atoms with Crippen molar-refractivity contribution < 1.29 is 98.2 Å². The summed E-state index contributed by atoms with van der Waals surface area (Å²) in [5, 5.41) is 61.1. The number of nitrogens with zero attached hydrogens (tertiary/aromatic N) is 12. The van der Waals surface area contributed by atoms with Gasteiger partial charge in [-0.2, -0.15) is 0 Å². The van der Waals surface area contributed by atoms with Gasteiger partial charge in [-0.15, -0.1) is 40.0 Å². The molecule has 0 spiro atoms. The molecule has 6 heterocycles. The largest absolute Gasteiger partial charge is 2.00 e. The van der Waals surface area contributed by atoms with Crippen molar-refractivity contribution in [1.82, 2.24) is 29.4 Å². The Morgan fingerprint density at radius 1 is 0.300 bits per heavy atom. The monoisotopic (exact) mass is 1760 g/mol. The molecular formula is C68H75FN12O6Pt3. The maximum Gasteiger partial charge on any atom is 2.00 e. The van der Waals surface area contributed by atoms with Crippen molar-refractivity contribution in [2.24, 2.45) is 0 Å². The SMILES string of the molecule is CC(C)(C)c1ccc(O)c(N2C=CN(CN3C=CN(c4cc(C(C)(C)C)ccc4O)[CH-]3)[CH-]2)c1.Cc1ccc(O)c(N2C=CN(CN3C=CN(c4cc(C)ccc4O)[CH-]3)[CH-]2)c1.Cc1ccc(O)c(N2C=CN(CN3C=CN(c4cc(F)ccc4O)[CH-]3)[CH-]2)c1.[Pt+2].[Pt+2].[Pt+2]. The standard InChI is InChI=1S/C27H34N4O2.C21H22N4O2.C20H19FN4O2.3Pt/c1-26(2,3)20-7-9-24(32)22(15-20)30-13-11-28(18-30)17-29-12-14-31(19-29)23-16-21(27(4,5)6)8-10-25(23)33;1-16-3-5-20(26)18(11-16)24-9-7-22(14-24)13-23-8-10-25(15-23)19-12-17(2)4-6-21(19)27;1-15-2-4-19(26)17(10-15)24-8-6-22(13-24)12-23-7-9-25(14-23)18-11-16(21)3-5-20(18)27;;;/h7-16,18-19,32-33H,17H2,1-6H3;3-12,14-15,26-27H,13H2,1-2H3;2-11,13-14,26-27H,12H2,1H3;;;/q3*-2;3*+2. The minimum Gasteiger partial charge on any atom is -0.506 e. The summed E-state index contributed by atoms with van der Waals surface area (Å²) >= 11 is 0. The second-order valence-electron chi connectivity index (χ2n) is 24.0. The molecule has 18 nitrogen and oxygen atoms in total. The van der Waals surface area contributed by atoms with Crippen molar-refractivity contribution in [1.29, 1.82) is 0 Å². The van der Waals surface area contributed by atoms with E-state index in [1.165, 1.54) is 29.3 Å². The van der Waals surface area contributed by atoms with Crippen molar-refractivity contribution in [3.05, 3.63) is 257 Å². The van der Waals surface area contributed by atoms with Gasteiger partial charge >= 0.3 is 63.2 Å². The Labute approximate surface area is 571 Å². The Morgan fingerprint density at radius 3 is 0.756 bits per heavy atom. The van der Waals surface area contributed by atoms with Gasteiger partial charge in [-0.3, -0.25) is 0 Å². The third-order valence-corrected chi connectivity index (χ3v) is 14.8. The molecule has 0 aromatic heterocycles. The molecule has 90 heavy (non-hydrogen) atoms. The number of phenols is 6. The Hall–Kier alpha value is -7.85. The number of aromatic hydroxyl groups is 6. The molecule has 0 saturated heterocycles. The van der Waals surface area contributed by atoms with Gasteiger partial charge in [-0.05, 0) is 213 Å². The maximum absolute atomic E-state index is 13.5. The molecule has 6 aliphatic rings. The fourth-order valence-corrected chi connectivity index (χ4v) is 9.91. The third kappa shape index (κ3) is 16.9. The summed E-state index contributed by atoms with van der Waals surface area (Å²) in [4.78, 5) is 23.1. The number of aryl methyl sites for hydroxylation is 3. The van der Waals surface area contributed by atoms with Crippen molar-refractivity contribution in [2.45, 2.75) is 73.1 Å². The van der Waals surface area contributed by atoms with Crippen LogP contribution in [0.2, 0.25) is 0 Å². The van der Waals surface area contributed by atoms with E-state index >= 15 is 0 Å². The van der Waals surface area contributed by atoms with Gasteiger partial charge in [0.1, 0.15) is 40.3 Å². The minimum atomic E-state index is -0.410. The van der Waals surface area contributed by atoms with Crippen LogP contribution in [0.5, 0.6) is 34.5 Å². The third-order valence-electron chi connectivity index (χ3n) is 14.8. The van der Waals surface area contributed by atoms with Gasteiger partial charge in [0.2, 0.25) is 0 Å². The Balaban J connectivity index is 0.000000190. The van der Waals surface area contributed by atoms with E-state index in [4.69, 9.17) is 0 Å². The first-order valence-electron chi connectivity index (χ1n) is 28.4. The Bertz CT molecular complexity index is 3290. The van der Waals surface area contributed by atoms with Gasteiger partial charge in [0.05, 0.1) is 34.1 Å². The summed E-state index contributed by atoms with van der Waals surface area (Å²) in [5.74, 6) is 0.802. The molecule has 0 radical (unpaired) electrons. The van der Waals surface area contributed by atoms with E-state index in [9.17, 15) is 35.0 Å². The molecule has 22 heteroatoms. The van der Waals surface area contributed by atoms with Crippen LogP contribution >= 0.6 is 0 Å². The molecule has 6 aliphatic heterocycles. The van der Waals surface area contributed by atoms with Gasteiger partial charge in [0.25, 0.3) is 0 Å². The second-order valence-corrected chi connectivity index (χ2v) is 24.0. The summed E-state index contributed by atoms with van der Waals surface area (Å²) in [6, 6.07) is 31.9. The van der Waals surface area contributed by atoms with Crippen LogP contribution in [-0.2, 0) is 74.0 Å². The van der Waals surface area contributed by atoms with Crippen LogP contribution in [0.4, 0.5) is 38.5 Å². The van der Waals surface area contributed by atoms with E-state index in [0.29, 0.717) is 31.4 Å². The molecule has 0 atom stereocenters. The molecule has 0 saturated carbocycles. The zero-order chi connectivity index (χ0) is 61.9. The van der Waals surface area contributed by atoms with Gasteiger partial charge in [-0.25, -0.2) is 4.39 Å². The summed E-state index contributed by atoms with van der Waals surface area (Å²) in [6.07, 6.45) is 22.9. The number of benzene rings is 6. The van der Waals surface area contributed by atoms with Crippen LogP contribution < -0.4 is 29.4 Å². The average molecular weight is 1760 g/mol. The molecule has 6 N–H and O–H groups in total. The molecule has 0 aliphatic carbocycles. The van der Waals surface area contributed by atoms with Crippen molar-refractivity contribution in [2.75, 3.05) is 49.4 Å². The van der Waals surface area contributed by atoms with Crippen molar-refractivity contribution in [3.8, 4) is 34.5 Å². The van der Waals surface area contributed by atoms with Gasteiger partial charge in [0.15, 0.2) is 0 Å². The quantitative estimate of drug-likeness (QED) is 0.0642. The van der Waals surface area contributed by atoms with Gasteiger partial charge in [-0.1, -0.05) is 71.9 Å². The van der Waals surface area contributed by atoms with Crippen LogP contribution in [0.1, 0.15) is 69.4 Å². The smallest absolute Gasteiger partial charge is 0.506 e. The van der Waals surface area contributed by atoms with Gasteiger partial charge < -0.3 is 89.4 Å². The predicted octanol–water partition coefficient (Wildman–Crippen LogP) is 13.2. The van der Waals surface area contributed by atoms with Crippen LogP contribution in [-0.4, -0.2) is 80.0 Å². The zero-order valence-electron chi connectivity index (χ0n) is 51.3. The topological polar surface area (TPSA) is 160 Å². The minimum absolute atomic E-state index is 0. The van der Waals surface area contributed by atoms with Crippen molar-refractivity contribution in [3.63, 3.8) is 0 Å². The van der Waals surface area contributed by atoms with E-state index in [-0.39, 0.29) is 109 Å². The second kappa shape index (κ2) is 29.4. The molecule has 0 unspecified atom stereocenters. The molecule has 0 fully saturated rings. The van der Waals surface area contributed by atoms with Crippen LogP contribution in [0.15, 0.2) is 184 Å². The van der Waals surface area contributed by atoms with E-state index in [1.807, 2.05) is 237 Å². The number of hydrogen-bond acceptors (Lipinski definition) is 18. The number of rotatable bonds is 12. The molecule has 12 rings (SSSR count). The maximum atomic E-state index is 13.5. The van der Waals surface area contributed by atoms with E-state index in [2.05, 4.69) is 41.5 Å². The first kappa shape index (κ1) is 69.6. The molecular weight excluding hydrogens is 1690 g/mol. The molecule has 0 amide bonds. The van der Waals surface area contributed by atoms with Crippen LogP contribution in [0.3, 0.4) is 0 Å². The molecule has 480 valence electrons. The zero-order valence-corrected chi connectivity index (χ0v) is 58.1. The Morgan fingerprint density at radius 2 is 0.511 bits per heavy atom. The summed E-state index contributed by atoms with van der Waals surface area (Å²) < 4.78 is 13.5. The van der Waals surface area contributed by atoms with Crippen LogP contribution in [0, 0.1) is 66.6 Å². The summed E-state index contributed by atoms with van der Waals surface area (Å²) in [5.41, 5.74) is 9.67. The summed E-state index contributed by atoms with van der Waals surface area (Å²) in [7, 11) is 0. The van der Waals surface area contributed by atoms with E-state index in [1.54, 1.807) is 48.1 Å². The first-order valence-corrected chi connectivity index (χ1v) is 28.4. The number of hydrogen-bond donors (Lipinski definition) is 6. The molecule has 0 bridgehead atoms. The van der Waals surface area contributed by atoms with Crippen LogP contribution in [0.25, 0.3) is 0 Å². The average Bonchev–Trinajstić information content (AvgIpc) is 3.08. The van der Waals surface area contributed by atoms with Gasteiger partial charge in [0, 0.05) is 20.0 Å². The number of halogens is 1. The number of phenolic OH excluding ortho intramolecular Hbond substituents is 6. The normalized spacial score (nSPS) is 15.7. The van der Waals surface area contributed by atoms with E-state index in [0.717, 1.165) is 39.4 Å². The Kier molecular flexibility index (Phi) is 22.8. The van der Waals surface area contributed by atoms with Crippen molar-refractivity contribution >= 4 is 34.1 Å². The molecule has 6 aromatic rings. The molecule has 6 aromatic carbocycles. The summed E-state index contributed by atoms with van der Waals surface area (Å²) in [6.45, 7) is 32.1. The first-order chi connectivity index (χ1) is 41.4.